The molecule has 0 radical (unpaired) electrons. The molecule has 4 nitrogen and oxygen atoms in total. The predicted octanol–water partition coefficient (Wildman–Crippen LogP) is 1.22. The molecule has 1 aliphatic heterocycles. The number of nitrogens with two attached hydrogens (primary N) is 1. The van der Waals surface area contributed by atoms with Crippen molar-refractivity contribution < 1.29 is 9.47 Å². The number of hydrogen-bond donors (Lipinski definition) is 2. The molecule has 0 aromatic heterocycles. The van der Waals surface area contributed by atoms with Gasteiger partial charge in [0, 0.05) is 30.4 Å². The minimum absolute atomic E-state index is 0.0555. The van der Waals surface area contributed by atoms with Gasteiger partial charge in [-0.2, -0.15) is 0 Å². The first-order chi connectivity index (χ1) is 7.79. The van der Waals surface area contributed by atoms with E-state index >= 15 is 0 Å². The first-order valence-electron chi connectivity index (χ1n) is 5.53. The van der Waals surface area contributed by atoms with Crippen LogP contribution in [0.1, 0.15) is 6.42 Å². The van der Waals surface area contributed by atoms with E-state index < -0.39 is 0 Å². The van der Waals surface area contributed by atoms with Crippen molar-refractivity contribution in [2.75, 3.05) is 25.6 Å². The molecular formula is C12H18N2O2. The van der Waals surface area contributed by atoms with Crippen molar-refractivity contribution in [2.24, 2.45) is 5.73 Å². The zero-order valence-corrected chi connectivity index (χ0v) is 9.48. The fraction of sp³-hybridized carbons (Fsp3) is 0.500. The zero-order chi connectivity index (χ0) is 11.4. The van der Waals surface area contributed by atoms with E-state index in [-0.39, 0.29) is 12.1 Å². The Kier molecular flexibility index (Phi) is 3.64. The van der Waals surface area contributed by atoms with Gasteiger partial charge in [-0.3, -0.25) is 0 Å². The van der Waals surface area contributed by atoms with Crippen LogP contribution in [0.4, 0.5) is 5.69 Å². The first-order valence-corrected chi connectivity index (χ1v) is 5.53. The highest BCUT2D eigenvalue weighted by Gasteiger charge is 2.21. The van der Waals surface area contributed by atoms with Gasteiger partial charge in [0.05, 0.1) is 13.7 Å². The SMILES string of the molecule is COc1cccc(NC2CCOCC2N)c1. The van der Waals surface area contributed by atoms with E-state index in [1.807, 2.05) is 24.3 Å². The third kappa shape index (κ3) is 2.65. The van der Waals surface area contributed by atoms with Gasteiger partial charge >= 0.3 is 0 Å². The van der Waals surface area contributed by atoms with Gasteiger partial charge in [0.2, 0.25) is 0 Å². The molecule has 3 N–H and O–H groups in total. The Balaban J connectivity index is 2.01. The van der Waals surface area contributed by atoms with Gasteiger partial charge in [0.25, 0.3) is 0 Å². The van der Waals surface area contributed by atoms with Gasteiger partial charge in [-0.1, -0.05) is 6.07 Å². The molecule has 1 aromatic carbocycles. The molecule has 1 aromatic rings. The smallest absolute Gasteiger partial charge is 0.120 e. The molecule has 2 rings (SSSR count). The molecule has 0 bridgehead atoms. The zero-order valence-electron chi connectivity index (χ0n) is 9.48. The van der Waals surface area contributed by atoms with Crippen LogP contribution in [0.15, 0.2) is 24.3 Å². The van der Waals surface area contributed by atoms with E-state index in [0.717, 1.165) is 24.5 Å². The van der Waals surface area contributed by atoms with Gasteiger partial charge in [-0.25, -0.2) is 0 Å². The number of anilines is 1. The van der Waals surface area contributed by atoms with Crippen LogP contribution < -0.4 is 15.8 Å². The molecule has 0 aliphatic carbocycles. The number of methoxy groups -OCH3 is 1. The average Bonchev–Trinajstić information content (AvgIpc) is 2.32. The van der Waals surface area contributed by atoms with Crippen molar-refractivity contribution in [3.8, 4) is 5.75 Å². The molecule has 16 heavy (non-hydrogen) atoms. The molecule has 1 fully saturated rings. The third-order valence-corrected chi connectivity index (χ3v) is 2.82. The Hall–Kier alpha value is -1.26. The summed E-state index contributed by atoms with van der Waals surface area (Å²) in [6.07, 6.45) is 0.943. The Labute approximate surface area is 95.7 Å². The summed E-state index contributed by atoms with van der Waals surface area (Å²) in [4.78, 5) is 0. The van der Waals surface area contributed by atoms with Crippen LogP contribution in [0, 0.1) is 0 Å². The maximum absolute atomic E-state index is 5.98. The highest BCUT2D eigenvalue weighted by atomic mass is 16.5. The van der Waals surface area contributed by atoms with Crippen molar-refractivity contribution in [2.45, 2.75) is 18.5 Å². The van der Waals surface area contributed by atoms with Gasteiger partial charge in [0.15, 0.2) is 0 Å². The van der Waals surface area contributed by atoms with E-state index in [1.54, 1.807) is 7.11 Å². The van der Waals surface area contributed by atoms with Crippen LogP contribution in [0.2, 0.25) is 0 Å². The predicted molar refractivity (Wildman–Crippen MR) is 63.8 cm³/mol. The number of rotatable bonds is 3. The highest BCUT2D eigenvalue weighted by Crippen LogP contribution is 2.19. The molecule has 1 saturated heterocycles. The maximum atomic E-state index is 5.98. The van der Waals surface area contributed by atoms with E-state index in [9.17, 15) is 0 Å². The fourth-order valence-corrected chi connectivity index (χ4v) is 1.87. The summed E-state index contributed by atoms with van der Waals surface area (Å²) in [6.45, 7) is 1.40. The quantitative estimate of drug-likeness (QED) is 0.807. The summed E-state index contributed by atoms with van der Waals surface area (Å²) in [5.41, 5.74) is 7.02. The lowest BCUT2D eigenvalue weighted by atomic mass is 10.0. The van der Waals surface area contributed by atoms with Gasteiger partial charge < -0.3 is 20.5 Å². The van der Waals surface area contributed by atoms with E-state index in [1.165, 1.54) is 0 Å². The van der Waals surface area contributed by atoms with E-state index in [2.05, 4.69) is 5.32 Å². The van der Waals surface area contributed by atoms with Crippen molar-refractivity contribution in [1.29, 1.82) is 0 Å². The summed E-state index contributed by atoms with van der Waals surface area (Å²) in [6, 6.07) is 8.22. The lowest BCUT2D eigenvalue weighted by Gasteiger charge is -2.30. The largest absolute Gasteiger partial charge is 0.497 e. The molecule has 0 spiro atoms. The van der Waals surface area contributed by atoms with Crippen molar-refractivity contribution >= 4 is 5.69 Å². The first kappa shape index (κ1) is 11.2. The molecule has 88 valence electrons. The Bertz CT molecular complexity index is 344. The molecule has 4 heteroatoms. The van der Waals surface area contributed by atoms with Crippen molar-refractivity contribution in [3.05, 3.63) is 24.3 Å². The van der Waals surface area contributed by atoms with Crippen LogP contribution >= 0.6 is 0 Å². The standard InChI is InChI=1S/C12H18N2O2/c1-15-10-4-2-3-9(7-10)14-12-5-6-16-8-11(12)13/h2-4,7,11-12,14H,5-6,8,13H2,1H3. The molecule has 1 aliphatic rings. The molecule has 0 saturated carbocycles. The second-order valence-corrected chi connectivity index (χ2v) is 4.01. The topological polar surface area (TPSA) is 56.5 Å². The number of nitrogens with one attached hydrogen (secondary N) is 1. The summed E-state index contributed by atoms with van der Waals surface area (Å²) < 4.78 is 10.5. The molecular weight excluding hydrogens is 204 g/mol. The van der Waals surface area contributed by atoms with Crippen LogP contribution in [0.5, 0.6) is 5.75 Å². The van der Waals surface area contributed by atoms with Gasteiger partial charge in [-0.15, -0.1) is 0 Å². The van der Waals surface area contributed by atoms with Crippen molar-refractivity contribution in [1.82, 2.24) is 0 Å². The number of ether oxygens (including phenoxy) is 2. The van der Waals surface area contributed by atoms with Crippen LogP contribution in [-0.2, 0) is 4.74 Å². The van der Waals surface area contributed by atoms with Crippen molar-refractivity contribution in [3.63, 3.8) is 0 Å². The maximum Gasteiger partial charge on any atom is 0.120 e. The van der Waals surface area contributed by atoms with E-state index in [4.69, 9.17) is 15.2 Å². The minimum Gasteiger partial charge on any atom is -0.497 e. The minimum atomic E-state index is 0.0555. The Morgan fingerprint density at radius 2 is 2.38 bits per heavy atom. The molecule has 0 amide bonds. The molecule has 2 atom stereocenters. The van der Waals surface area contributed by atoms with Crippen LogP contribution in [0.3, 0.4) is 0 Å². The highest BCUT2D eigenvalue weighted by molar-refractivity contribution is 5.49. The fourth-order valence-electron chi connectivity index (χ4n) is 1.87. The van der Waals surface area contributed by atoms with E-state index in [0.29, 0.717) is 6.61 Å². The van der Waals surface area contributed by atoms with Crippen LogP contribution in [-0.4, -0.2) is 32.4 Å². The lowest BCUT2D eigenvalue weighted by molar-refractivity contribution is 0.0752. The second-order valence-electron chi connectivity index (χ2n) is 4.01. The summed E-state index contributed by atoms with van der Waals surface area (Å²) in [7, 11) is 1.67. The van der Waals surface area contributed by atoms with Gasteiger partial charge in [0.1, 0.15) is 5.75 Å². The second kappa shape index (κ2) is 5.18. The monoisotopic (exact) mass is 222 g/mol. The molecule has 2 unspecified atom stereocenters. The third-order valence-electron chi connectivity index (χ3n) is 2.82. The van der Waals surface area contributed by atoms with Crippen LogP contribution in [0.25, 0.3) is 0 Å². The average molecular weight is 222 g/mol. The Morgan fingerprint density at radius 3 is 3.12 bits per heavy atom. The molecule has 1 heterocycles. The lowest BCUT2D eigenvalue weighted by Crippen LogP contribution is -2.47. The summed E-state index contributed by atoms with van der Waals surface area (Å²) in [5, 5.41) is 3.42. The summed E-state index contributed by atoms with van der Waals surface area (Å²) in [5.74, 6) is 0.852. The Morgan fingerprint density at radius 1 is 1.50 bits per heavy atom. The summed E-state index contributed by atoms with van der Waals surface area (Å²) >= 11 is 0. The number of benzene rings is 1. The van der Waals surface area contributed by atoms with Gasteiger partial charge in [-0.05, 0) is 18.6 Å². The number of hydrogen-bond acceptors (Lipinski definition) is 4. The normalized spacial score (nSPS) is 25.1.